The highest BCUT2D eigenvalue weighted by atomic mass is 32.2. The first kappa shape index (κ1) is 19.9. The lowest BCUT2D eigenvalue weighted by atomic mass is 10.0. The predicted molar refractivity (Wildman–Crippen MR) is 118 cm³/mol. The number of hydrogen-bond acceptors (Lipinski definition) is 4. The average molecular weight is 435 g/mol. The second-order valence-corrected chi connectivity index (χ2v) is 10.0. The highest BCUT2D eigenvalue weighted by Crippen LogP contribution is 2.36. The van der Waals surface area contributed by atoms with E-state index in [9.17, 15) is 18.0 Å². The normalized spacial score (nSPS) is 15.6. The van der Waals surface area contributed by atoms with Crippen LogP contribution in [0, 0.1) is 0 Å². The van der Waals surface area contributed by atoms with Crippen molar-refractivity contribution in [2.45, 2.75) is 30.7 Å². The summed E-state index contributed by atoms with van der Waals surface area (Å²) in [6.45, 7) is 0.761. The van der Waals surface area contributed by atoms with Crippen LogP contribution in [0.15, 0.2) is 70.5 Å². The smallest absolute Gasteiger partial charge is 0.251 e. The molecule has 31 heavy (non-hydrogen) atoms. The Balaban J connectivity index is 1.44. The number of ketones is 1. The predicted octanol–water partition coefficient (Wildman–Crippen LogP) is 3.09. The van der Waals surface area contributed by atoms with Gasteiger partial charge < -0.3 is 4.57 Å². The molecular formula is C24H22N2O4S. The van der Waals surface area contributed by atoms with E-state index in [0.29, 0.717) is 18.7 Å². The number of carbonyl (C=O) groups excluding carboxylic acids is 1. The van der Waals surface area contributed by atoms with Gasteiger partial charge >= 0.3 is 0 Å². The summed E-state index contributed by atoms with van der Waals surface area (Å²) < 4.78 is 28.3. The van der Waals surface area contributed by atoms with E-state index in [1.165, 1.54) is 38.3 Å². The van der Waals surface area contributed by atoms with Crippen LogP contribution in [0.1, 0.15) is 34.3 Å². The van der Waals surface area contributed by atoms with Crippen LogP contribution >= 0.6 is 0 Å². The Morgan fingerprint density at radius 2 is 1.65 bits per heavy atom. The van der Waals surface area contributed by atoms with Crippen molar-refractivity contribution in [2.75, 3.05) is 13.1 Å². The topological polar surface area (TPSA) is 76.5 Å². The molecule has 1 aliphatic heterocycles. The monoisotopic (exact) mass is 434 g/mol. The average Bonchev–Trinajstić information content (AvgIpc) is 3.43. The van der Waals surface area contributed by atoms with Gasteiger partial charge in [0.1, 0.15) is 0 Å². The lowest BCUT2D eigenvalue weighted by Gasteiger charge is -2.16. The standard InChI is InChI=1S/C24H22N2O4S/c27-23(19-8-7-18-13-17-5-1-2-6-21(17)22(18)14-19)16-25-15-20(9-10-24(25)28)31(29,30)26-11-3-4-12-26/h1-2,5-10,14-15H,3-4,11-13,16H2. The molecule has 1 aliphatic carbocycles. The number of benzene rings is 2. The number of sulfonamides is 1. The number of nitrogens with zero attached hydrogens (tertiary/aromatic N) is 2. The van der Waals surface area contributed by atoms with Crippen molar-refractivity contribution < 1.29 is 13.2 Å². The van der Waals surface area contributed by atoms with E-state index in [-0.39, 0.29) is 17.2 Å². The van der Waals surface area contributed by atoms with Crippen LogP contribution in [-0.4, -0.2) is 36.2 Å². The maximum atomic E-state index is 13.0. The summed E-state index contributed by atoms with van der Waals surface area (Å²) in [5.74, 6) is -0.231. The number of pyridine rings is 1. The van der Waals surface area contributed by atoms with Crippen molar-refractivity contribution in [1.29, 1.82) is 0 Å². The van der Waals surface area contributed by atoms with Gasteiger partial charge in [-0.05, 0) is 53.6 Å². The molecule has 1 fully saturated rings. The van der Waals surface area contributed by atoms with Crippen LogP contribution in [0.2, 0.25) is 0 Å². The van der Waals surface area contributed by atoms with Gasteiger partial charge in [0.05, 0.1) is 11.4 Å². The highest BCUT2D eigenvalue weighted by Gasteiger charge is 2.28. The Bertz CT molecular complexity index is 1350. The minimum atomic E-state index is -3.66. The van der Waals surface area contributed by atoms with E-state index in [1.54, 1.807) is 6.07 Å². The fourth-order valence-electron chi connectivity index (χ4n) is 4.41. The molecule has 0 bridgehead atoms. The van der Waals surface area contributed by atoms with Crippen molar-refractivity contribution in [3.05, 3.63) is 87.8 Å². The Labute approximate surface area is 180 Å². The van der Waals surface area contributed by atoms with Crippen molar-refractivity contribution in [1.82, 2.24) is 8.87 Å². The highest BCUT2D eigenvalue weighted by molar-refractivity contribution is 7.89. The molecule has 5 rings (SSSR count). The van der Waals surface area contributed by atoms with Gasteiger partial charge in [-0.3, -0.25) is 9.59 Å². The molecule has 7 heteroatoms. The first-order chi connectivity index (χ1) is 14.9. The number of Topliss-reactive ketones (excluding diaryl/α,β-unsaturated/α-hetero) is 1. The van der Waals surface area contributed by atoms with Crippen LogP contribution in [0.5, 0.6) is 0 Å². The fraction of sp³-hybridized carbons (Fsp3) is 0.250. The maximum absolute atomic E-state index is 13.0. The van der Waals surface area contributed by atoms with Crippen molar-refractivity contribution in [3.8, 4) is 11.1 Å². The first-order valence-electron chi connectivity index (χ1n) is 10.4. The number of rotatable bonds is 5. The van der Waals surface area contributed by atoms with Crippen molar-refractivity contribution >= 4 is 15.8 Å². The lowest BCUT2D eigenvalue weighted by Crippen LogP contribution is -2.30. The van der Waals surface area contributed by atoms with Gasteiger partial charge in [-0.2, -0.15) is 4.31 Å². The largest absolute Gasteiger partial charge is 0.306 e. The van der Waals surface area contributed by atoms with Crippen molar-refractivity contribution in [3.63, 3.8) is 0 Å². The molecule has 0 unspecified atom stereocenters. The summed E-state index contributed by atoms with van der Waals surface area (Å²) >= 11 is 0. The summed E-state index contributed by atoms with van der Waals surface area (Å²) in [4.78, 5) is 25.4. The van der Waals surface area contributed by atoms with Gasteiger partial charge in [0.25, 0.3) is 5.56 Å². The van der Waals surface area contributed by atoms with E-state index >= 15 is 0 Å². The molecule has 0 saturated carbocycles. The van der Waals surface area contributed by atoms with E-state index in [1.807, 2.05) is 30.3 Å². The molecule has 2 aromatic carbocycles. The molecule has 2 heterocycles. The zero-order valence-corrected chi connectivity index (χ0v) is 17.8. The third-order valence-electron chi connectivity index (χ3n) is 6.09. The number of hydrogen-bond donors (Lipinski definition) is 0. The zero-order valence-electron chi connectivity index (χ0n) is 17.0. The molecule has 0 radical (unpaired) electrons. The van der Waals surface area contributed by atoms with Gasteiger partial charge in [0.15, 0.2) is 5.78 Å². The van der Waals surface area contributed by atoms with Crippen LogP contribution in [-0.2, 0) is 23.0 Å². The Morgan fingerprint density at radius 3 is 2.45 bits per heavy atom. The number of fused-ring (bicyclic) bond motifs is 3. The van der Waals surface area contributed by atoms with Gasteiger partial charge in [-0.25, -0.2) is 8.42 Å². The molecule has 0 atom stereocenters. The second kappa shape index (κ2) is 7.59. The molecule has 1 saturated heterocycles. The number of carbonyl (C=O) groups is 1. The van der Waals surface area contributed by atoms with Crippen LogP contribution < -0.4 is 5.56 Å². The minimum absolute atomic E-state index is 0.0460. The Kier molecular flexibility index (Phi) is 4.87. The lowest BCUT2D eigenvalue weighted by molar-refractivity contribution is 0.0970. The summed E-state index contributed by atoms with van der Waals surface area (Å²) in [5, 5.41) is 0. The molecule has 0 amide bonds. The molecule has 0 N–H and O–H groups in total. The molecule has 0 spiro atoms. The quantitative estimate of drug-likeness (QED) is 0.453. The SMILES string of the molecule is O=C(Cn1cc(S(=O)(=O)N2CCCC2)ccc1=O)c1ccc2c(c1)-c1ccccc1C2. The van der Waals surface area contributed by atoms with E-state index in [0.717, 1.165) is 30.4 Å². The van der Waals surface area contributed by atoms with E-state index in [2.05, 4.69) is 6.07 Å². The van der Waals surface area contributed by atoms with E-state index in [4.69, 9.17) is 0 Å². The molecule has 3 aromatic rings. The summed E-state index contributed by atoms with van der Waals surface area (Å²) in [6.07, 6.45) is 3.80. The van der Waals surface area contributed by atoms with Crippen LogP contribution in [0.3, 0.4) is 0 Å². The molecular weight excluding hydrogens is 412 g/mol. The van der Waals surface area contributed by atoms with Gasteiger partial charge in [0, 0.05) is 30.9 Å². The molecule has 6 nitrogen and oxygen atoms in total. The summed E-state index contributed by atoms with van der Waals surface area (Å²) in [7, 11) is -3.66. The number of aromatic nitrogens is 1. The zero-order chi connectivity index (χ0) is 21.6. The molecule has 1 aromatic heterocycles. The van der Waals surface area contributed by atoms with Crippen LogP contribution in [0.25, 0.3) is 11.1 Å². The van der Waals surface area contributed by atoms with Gasteiger partial charge in [-0.1, -0.05) is 36.4 Å². The summed E-state index contributed by atoms with van der Waals surface area (Å²) in [6, 6.07) is 16.3. The maximum Gasteiger partial charge on any atom is 0.251 e. The van der Waals surface area contributed by atoms with E-state index < -0.39 is 15.6 Å². The Morgan fingerprint density at radius 1 is 0.903 bits per heavy atom. The third kappa shape index (κ3) is 3.54. The second-order valence-electron chi connectivity index (χ2n) is 8.07. The summed E-state index contributed by atoms with van der Waals surface area (Å²) in [5.41, 5.74) is 4.68. The Hall–Kier alpha value is -3.03. The van der Waals surface area contributed by atoms with Crippen LogP contribution in [0.4, 0.5) is 0 Å². The molecule has 2 aliphatic rings. The van der Waals surface area contributed by atoms with Gasteiger partial charge in [-0.15, -0.1) is 0 Å². The fourth-order valence-corrected chi connectivity index (χ4v) is 5.94. The van der Waals surface area contributed by atoms with Gasteiger partial charge in [0.2, 0.25) is 10.0 Å². The third-order valence-corrected chi connectivity index (χ3v) is 7.98. The minimum Gasteiger partial charge on any atom is -0.306 e. The molecule has 158 valence electrons. The first-order valence-corrected chi connectivity index (χ1v) is 11.8. The van der Waals surface area contributed by atoms with Crippen molar-refractivity contribution in [2.24, 2.45) is 0 Å².